The minimum Gasteiger partial charge on any atom is -0.444 e. The summed E-state index contributed by atoms with van der Waals surface area (Å²) in [6, 6.07) is 0. The van der Waals surface area contributed by atoms with Crippen molar-refractivity contribution < 1.29 is 14.6 Å². The van der Waals surface area contributed by atoms with Crippen molar-refractivity contribution in [2.75, 3.05) is 13.1 Å². The van der Waals surface area contributed by atoms with E-state index >= 15 is 0 Å². The van der Waals surface area contributed by atoms with Crippen molar-refractivity contribution >= 4 is 6.09 Å². The van der Waals surface area contributed by atoms with Gasteiger partial charge in [0, 0.05) is 6.54 Å². The van der Waals surface area contributed by atoms with Gasteiger partial charge in [-0.2, -0.15) is 0 Å². The number of likely N-dealkylation sites (tertiary alicyclic amines) is 1. The molecule has 16 heavy (non-hydrogen) atoms. The summed E-state index contributed by atoms with van der Waals surface area (Å²) in [6.45, 7) is 6.70. The van der Waals surface area contributed by atoms with E-state index < -0.39 is 5.60 Å². The number of ether oxygens (including phenoxy) is 1. The Kier molecular flexibility index (Phi) is 2.65. The van der Waals surface area contributed by atoms with Crippen LogP contribution in [0.3, 0.4) is 0 Å². The van der Waals surface area contributed by atoms with E-state index in [9.17, 15) is 9.90 Å². The van der Waals surface area contributed by atoms with Crippen molar-refractivity contribution in [2.24, 2.45) is 5.41 Å². The fourth-order valence-corrected chi connectivity index (χ4v) is 2.25. The first-order chi connectivity index (χ1) is 7.32. The monoisotopic (exact) mass is 227 g/mol. The third-order valence-electron chi connectivity index (χ3n) is 3.52. The fraction of sp³-hybridized carbons (Fsp3) is 0.917. The van der Waals surface area contributed by atoms with Crippen LogP contribution in [0.5, 0.6) is 0 Å². The lowest BCUT2D eigenvalue weighted by atomic mass is 9.91. The predicted molar refractivity (Wildman–Crippen MR) is 60.1 cm³/mol. The standard InChI is InChI=1S/C12H21NO3/c1-11(2,3)16-10(15)13-7-6-12(4-5-12)9(14)8-13/h9,14H,4-8H2,1-3H3/t9-/m1/s1. The number of amides is 1. The van der Waals surface area contributed by atoms with Crippen molar-refractivity contribution in [3.63, 3.8) is 0 Å². The SMILES string of the molecule is CC(C)(C)OC(=O)N1CCC2(CC2)[C@H](O)C1. The van der Waals surface area contributed by atoms with Crippen LogP contribution >= 0.6 is 0 Å². The van der Waals surface area contributed by atoms with Gasteiger partial charge in [-0.1, -0.05) is 0 Å². The molecule has 0 aromatic carbocycles. The van der Waals surface area contributed by atoms with Crippen molar-refractivity contribution in [3.8, 4) is 0 Å². The molecule has 2 fully saturated rings. The first kappa shape index (κ1) is 11.7. The first-order valence-electron chi connectivity index (χ1n) is 5.98. The Labute approximate surface area is 96.6 Å². The quantitative estimate of drug-likeness (QED) is 0.686. The molecule has 0 radical (unpaired) electrons. The molecule has 1 saturated heterocycles. The van der Waals surface area contributed by atoms with Crippen molar-refractivity contribution in [1.82, 2.24) is 4.90 Å². The Hall–Kier alpha value is -0.770. The van der Waals surface area contributed by atoms with E-state index in [2.05, 4.69) is 0 Å². The number of hydrogen-bond donors (Lipinski definition) is 1. The summed E-state index contributed by atoms with van der Waals surface area (Å²) >= 11 is 0. The summed E-state index contributed by atoms with van der Waals surface area (Å²) < 4.78 is 5.29. The molecule has 1 saturated carbocycles. The van der Waals surface area contributed by atoms with Crippen LogP contribution in [0.2, 0.25) is 0 Å². The molecule has 1 N–H and O–H groups in total. The molecule has 92 valence electrons. The number of aliphatic hydroxyl groups excluding tert-OH is 1. The number of hydrogen-bond acceptors (Lipinski definition) is 3. The lowest BCUT2D eigenvalue weighted by Crippen LogP contribution is -2.49. The molecule has 0 bridgehead atoms. The second-order valence-corrected chi connectivity index (χ2v) is 6.05. The Bertz CT molecular complexity index is 291. The van der Waals surface area contributed by atoms with Gasteiger partial charge in [-0.15, -0.1) is 0 Å². The molecule has 2 rings (SSSR count). The largest absolute Gasteiger partial charge is 0.444 e. The maximum Gasteiger partial charge on any atom is 0.410 e. The van der Waals surface area contributed by atoms with E-state index in [1.54, 1.807) is 4.90 Å². The highest BCUT2D eigenvalue weighted by Gasteiger charge is 2.52. The van der Waals surface area contributed by atoms with Crippen LogP contribution in [0.4, 0.5) is 4.79 Å². The summed E-state index contributed by atoms with van der Waals surface area (Å²) in [5.74, 6) is 0. The number of carbonyl (C=O) groups excluding carboxylic acids is 1. The number of aliphatic hydroxyl groups is 1. The normalized spacial score (nSPS) is 28.0. The molecule has 1 amide bonds. The molecule has 1 aliphatic heterocycles. The molecular formula is C12H21NO3. The second-order valence-electron chi connectivity index (χ2n) is 6.05. The second kappa shape index (κ2) is 3.62. The van der Waals surface area contributed by atoms with Gasteiger partial charge < -0.3 is 14.7 Å². The average molecular weight is 227 g/mol. The lowest BCUT2D eigenvalue weighted by Gasteiger charge is -2.36. The van der Waals surface area contributed by atoms with Gasteiger partial charge in [0.2, 0.25) is 0 Å². The highest BCUT2D eigenvalue weighted by molar-refractivity contribution is 5.68. The zero-order chi connectivity index (χ0) is 12.0. The summed E-state index contributed by atoms with van der Waals surface area (Å²) in [6.07, 6.45) is 2.45. The minimum absolute atomic E-state index is 0.137. The van der Waals surface area contributed by atoms with Crippen LogP contribution in [0.15, 0.2) is 0 Å². The highest BCUT2D eigenvalue weighted by Crippen LogP contribution is 2.53. The third kappa shape index (κ3) is 2.32. The summed E-state index contributed by atoms with van der Waals surface area (Å²) in [5.41, 5.74) is -0.324. The molecule has 0 aromatic heterocycles. The number of piperidine rings is 1. The van der Waals surface area contributed by atoms with Gasteiger partial charge in [0.25, 0.3) is 0 Å². The number of rotatable bonds is 0. The minimum atomic E-state index is -0.462. The van der Waals surface area contributed by atoms with E-state index in [1.165, 1.54) is 0 Å². The maximum absolute atomic E-state index is 11.8. The Balaban J connectivity index is 1.90. The van der Waals surface area contributed by atoms with Gasteiger partial charge in [0.1, 0.15) is 5.60 Å². The summed E-state index contributed by atoms with van der Waals surface area (Å²) in [7, 11) is 0. The smallest absolute Gasteiger partial charge is 0.410 e. The molecule has 1 aliphatic carbocycles. The highest BCUT2D eigenvalue weighted by atomic mass is 16.6. The van der Waals surface area contributed by atoms with Gasteiger partial charge in [-0.25, -0.2) is 4.79 Å². The van der Waals surface area contributed by atoms with E-state index in [1.807, 2.05) is 20.8 Å². The van der Waals surface area contributed by atoms with Crippen LogP contribution in [-0.2, 0) is 4.74 Å². The molecule has 1 heterocycles. The van der Waals surface area contributed by atoms with E-state index in [0.29, 0.717) is 13.1 Å². The Morgan fingerprint density at radius 3 is 2.44 bits per heavy atom. The van der Waals surface area contributed by atoms with Crippen LogP contribution in [0.25, 0.3) is 0 Å². The van der Waals surface area contributed by atoms with Gasteiger partial charge in [0.05, 0.1) is 12.6 Å². The van der Waals surface area contributed by atoms with Gasteiger partial charge in [0.15, 0.2) is 0 Å². The average Bonchev–Trinajstić information content (AvgIpc) is 2.88. The maximum atomic E-state index is 11.8. The summed E-state index contributed by atoms with van der Waals surface area (Å²) in [5, 5.41) is 9.97. The molecule has 4 heteroatoms. The molecular weight excluding hydrogens is 206 g/mol. The summed E-state index contributed by atoms with van der Waals surface area (Å²) in [4.78, 5) is 13.4. The predicted octanol–water partition coefficient (Wildman–Crippen LogP) is 1.77. The third-order valence-corrected chi connectivity index (χ3v) is 3.52. The van der Waals surface area contributed by atoms with Crippen LogP contribution in [0.1, 0.15) is 40.0 Å². The molecule has 2 aliphatic rings. The van der Waals surface area contributed by atoms with E-state index in [-0.39, 0.29) is 17.6 Å². The van der Waals surface area contributed by atoms with Crippen molar-refractivity contribution in [1.29, 1.82) is 0 Å². The fourth-order valence-electron chi connectivity index (χ4n) is 2.25. The molecule has 0 unspecified atom stereocenters. The zero-order valence-corrected chi connectivity index (χ0v) is 10.3. The number of nitrogens with zero attached hydrogens (tertiary/aromatic N) is 1. The topological polar surface area (TPSA) is 49.8 Å². The number of carbonyl (C=O) groups is 1. The molecule has 1 atom stereocenters. The van der Waals surface area contributed by atoms with Crippen molar-refractivity contribution in [2.45, 2.75) is 51.7 Å². The zero-order valence-electron chi connectivity index (χ0n) is 10.3. The lowest BCUT2D eigenvalue weighted by molar-refractivity contribution is -0.0189. The Morgan fingerprint density at radius 2 is 2.00 bits per heavy atom. The van der Waals surface area contributed by atoms with Gasteiger partial charge in [-0.3, -0.25) is 0 Å². The molecule has 4 nitrogen and oxygen atoms in total. The molecule has 0 aromatic rings. The van der Waals surface area contributed by atoms with Gasteiger partial charge >= 0.3 is 6.09 Å². The van der Waals surface area contributed by atoms with Crippen LogP contribution < -0.4 is 0 Å². The van der Waals surface area contributed by atoms with E-state index in [0.717, 1.165) is 19.3 Å². The Morgan fingerprint density at radius 1 is 1.38 bits per heavy atom. The van der Waals surface area contributed by atoms with Crippen molar-refractivity contribution in [3.05, 3.63) is 0 Å². The van der Waals surface area contributed by atoms with E-state index in [4.69, 9.17) is 4.74 Å². The number of β-amino-alcohol motifs (C(OH)–C–C–N with tert-alkyl or cyclic N) is 1. The van der Waals surface area contributed by atoms with Crippen LogP contribution in [0, 0.1) is 5.41 Å². The first-order valence-corrected chi connectivity index (χ1v) is 5.98. The van der Waals surface area contributed by atoms with Gasteiger partial charge in [-0.05, 0) is 45.4 Å². The van der Waals surface area contributed by atoms with Crippen LogP contribution in [-0.4, -0.2) is 40.9 Å². The molecule has 1 spiro atoms.